The lowest BCUT2D eigenvalue weighted by atomic mass is 10.1. The molecule has 1 atom stereocenters. The Balaban J connectivity index is 2.89. The van der Waals surface area contributed by atoms with Crippen LogP contribution in [0.1, 0.15) is 26.7 Å². The molecule has 0 radical (unpaired) electrons. The summed E-state index contributed by atoms with van der Waals surface area (Å²) in [6.45, 7) is 4.89. The quantitative estimate of drug-likeness (QED) is 0.721. The highest BCUT2D eigenvalue weighted by Gasteiger charge is 2.12. The van der Waals surface area contributed by atoms with E-state index in [4.69, 9.17) is 28.3 Å². The van der Waals surface area contributed by atoms with E-state index in [0.29, 0.717) is 28.1 Å². The molecule has 4 nitrogen and oxygen atoms in total. The van der Waals surface area contributed by atoms with Crippen molar-refractivity contribution in [1.82, 2.24) is 4.98 Å². The third-order valence-corrected chi connectivity index (χ3v) is 3.16. The summed E-state index contributed by atoms with van der Waals surface area (Å²) in [6.07, 6.45) is 1.55. The van der Waals surface area contributed by atoms with Crippen molar-refractivity contribution >= 4 is 34.8 Å². The Labute approximate surface area is 118 Å². The van der Waals surface area contributed by atoms with Crippen molar-refractivity contribution in [1.29, 1.82) is 0 Å². The van der Waals surface area contributed by atoms with Crippen molar-refractivity contribution < 1.29 is 5.11 Å². The molecule has 1 aromatic heterocycles. The second-order valence-electron chi connectivity index (χ2n) is 3.94. The van der Waals surface area contributed by atoms with Gasteiger partial charge in [-0.2, -0.15) is 0 Å². The average molecular weight is 292 g/mol. The molecule has 1 rings (SSSR count). The second kappa shape index (κ2) is 7.67. The van der Waals surface area contributed by atoms with Crippen LogP contribution in [-0.4, -0.2) is 29.3 Å². The molecule has 0 aliphatic rings. The molecule has 0 fully saturated rings. The monoisotopic (exact) mass is 291 g/mol. The Morgan fingerprint density at radius 2 is 1.94 bits per heavy atom. The zero-order valence-electron chi connectivity index (χ0n) is 10.6. The molecular formula is C12H19Cl2N3O. The second-order valence-corrected chi connectivity index (χ2v) is 4.76. The van der Waals surface area contributed by atoms with Crippen LogP contribution in [0, 0.1) is 0 Å². The third kappa shape index (κ3) is 4.19. The van der Waals surface area contributed by atoms with Crippen LogP contribution in [0.2, 0.25) is 10.0 Å². The molecule has 1 heterocycles. The molecule has 1 aromatic rings. The first-order valence-electron chi connectivity index (χ1n) is 6.09. The van der Waals surface area contributed by atoms with Gasteiger partial charge >= 0.3 is 0 Å². The standard InChI is InChI=1S/C12H19Cl2N3O/c1-3-8(5-6-18)16-12-10(14)7-9(13)11(17-12)15-4-2/h7-8,18H,3-6H2,1-2H3,(H2,15,16,17). The summed E-state index contributed by atoms with van der Waals surface area (Å²) in [4.78, 5) is 4.36. The van der Waals surface area contributed by atoms with Gasteiger partial charge in [-0.3, -0.25) is 0 Å². The minimum atomic E-state index is 0.136. The summed E-state index contributed by atoms with van der Waals surface area (Å²) in [5, 5.41) is 16.3. The van der Waals surface area contributed by atoms with Crippen LogP contribution in [0.15, 0.2) is 6.07 Å². The first-order chi connectivity index (χ1) is 8.62. The van der Waals surface area contributed by atoms with Gasteiger partial charge in [0.25, 0.3) is 0 Å². The number of aliphatic hydroxyl groups excluding tert-OH is 1. The molecule has 0 saturated heterocycles. The van der Waals surface area contributed by atoms with Gasteiger partial charge in [-0.25, -0.2) is 4.98 Å². The van der Waals surface area contributed by atoms with Crippen molar-refractivity contribution in [2.75, 3.05) is 23.8 Å². The Morgan fingerprint density at radius 3 is 2.50 bits per heavy atom. The number of pyridine rings is 1. The van der Waals surface area contributed by atoms with Crippen LogP contribution in [0.25, 0.3) is 0 Å². The molecule has 6 heteroatoms. The van der Waals surface area contributed by atoms with Gasteiger partial charge in [-0.15, -0.1) is 0 Å². The first-order valence-corrected chi connectivity index (χ1v) is 6.85. The minimum Gasteiger partial charge on any atom is -0.396 e. The topological polar surface area (TPSA) is 57.2 Å². The summed E-state index contributed by atoms with van der Waals surface area (Å²) in [5.74, 6) is 1.21. The number of nitrogens with one attached hydrogen (secondary N) is 2. The molecule has 0 spiro atoms. The van der Waals surface area contributed by atoms with Crippen LogP contribution >= 0.6 is 23.2 Å². The van der Waals surface area contributed by atoms with Gasteiger partial charge in [-0.1, -0.05) is 30.1 Å². The smallest absolute Gasteiger partial charge is 0.147 e. The van der Waals surface area contributed by atoms with Gasteiger partial charge in [0.05, 0.1) is 10.0 Å². The zero-order valence-corrected chi connectivity index (χ0v) is 12.1. The molecular weight excluding hydrogens is 273 g/mol. The van der Waals surface area contributed by atoms with Crippen molar-refractivity contribution in [2.45, 2.75) is 32.7 Å². The van der Waals surface area contributed by atoms with E-state index >= 15 is 0 Å². The SMILES string of the molecule is CCNc1nc(NC(CC)CCO)c(Cl)cc1Cl. The summed E-state index contributed by atoms with van der Waals surface area (Å²) in [5.41, 5.74) is 0. The van der Waals surface area contributed by atoms with E-state index in [1.165, 1.54) is 0 Å². The zero-order chi connectivity index (χ0) is 13.5. The molecule has 0 aliphatic heterocycles. The van der Waals surface area contributed by atoms with Gasteiger partial charge in [0, 0.05) is 19.2 Å². The predicted octanol–water partition coefficient (Wildman–Crippen LogP) is 3.39. The number of aliphatic hydroxyl groups is 1. The van der Waals surface area contributed by atoms with Crippen molar-refractivity contribution in [3.63, 3.8) is 0 Å². The molecule has 0 saturated carbocycles. The Bertz CT molecular complexity index is 388. The fourth-order valence-electron chi connectivity index (χ4n) is 1.59. The maximum absolute atomic E-state index is 8.97. The highest BCUT2D eigenvalue weighted by atomic mass is 35.5. The third-order valence-electron chi connectivity index (χ3n) is 2.58. The Kier molecular flexibility index (Phi) is 6.54. The lowest BCUT2D eigenvalue weighted by Gasteiger charge is -2.18. The van der Waals surface area contributed by atoms with Gasteiger partial charge in [-0.05, 0) is 25.8 Å². The molecule has 0 aromatic carbocycles. The number of halogens is 2. The number of hydrogen-bond donors (Lipinski definition) is 3. The van der Waals surface area contributed by atoms with Gasteiger partial charge in [0.15, 0.2) is 0 Å². The van der Waals surface area contributed by atoms with Crippen LogP contribution in [0.3, 0.4) is 0 Å². The molecule has 0 aliphatic carbocycles. The van der Waals surface area contributed by atoms with E-state index in [1.54, 1.807) is 6.07 Å². The highest BCUT2D eigenvalue weighted by Crippen LogP contribution is 2.29. The number of aromatic nitrogens is 1. The van der Waals surface area contributed by atoms with Crippen LogP contribution < -0.4 is 10.6 Å². The van der Waals surface area contributed by atoms with Crippen molar-refractivity contribution in [3.8, 4) is 0 Å². The number of rotatable bonds is 7. The minimum absolute atomic E-state index is 0.136. The van der Waals surface area contributed by atoms with E-state index in [2.05, 4.69) is 15.6 Å². The van der Waals surface area contributed by atoms with Crippen LogP contribution in [0.5, 0.6) is 0 Å². The van der Waals surface area contributed by atoms with E-state index in [1.807, 2.05) is 13.8 Å². The molecule has 0 bridgehead atoms. The maximum Gasteiger partial charge on any atom is 0.147 e. The average Bonchev–Trinajstić information content (AvgIpc) is 2.34. The fourth-order valence-corrected chi connectivity index (χ4v) is 2.07. The van der Waals surface area contributed by atoms with E-state index in [0.717, 1.165) is 13.0 Å². The molecule has 1 unspecified atom stereocenters. The predicted molar refractivity (Wildman–Crippen MR) is 77.8 cm³/mol. The summed E-state index contributed by atoms with van der Waals surface area (Å²) in [7, 11) is 0. The highest BCUT2D eigenvalue weighted by molar-refractivity contribution is 6.37. The fraction of sp³-hybridized carbons (Fsp3) is 0.583. The summed E-state index contributed by atoms with van der Waals surface area (Å²) >= 11 is 12.1. The normalized spacial score (nSPS) is 12.3. The molecule has 18 heavy (non-hydrogen) atoms. The molecule has 102 valence electrons. The lowest BCUT2D eigenvalue weighted by Crippen LogP contribution is -2.21. The Morgan fingerprint density at radius 1 is 1.28 bits per heavy atom. The lowest BCUT2D eigenvalue weighted by molar-refractivity contribution is 0.278. The van der Waals surface area contributed by atoms with Gasteiger partial charge in [0.1, 0.15) is 11.6 Å². The van der Waals surface area contributed by atoms with Crippen LogP contribution in [0.4, 0.5) is 11.6 Å². The van der Waals surface area contributed by atoms with Gasteiger partial charge < -0.3 is 15.7 Å². The summed E-state index contributed by atoms with van der Waals surface area (Å²) < 4.78 is 0. The van der Waals surface area contributed by atoms with E-state index < -0.39 is 0 Å². The van der Waals surface area contributed by atoms with E-state index in [-0.39, 0.29) is 12.6 Å². The van der Waals surface area contributed by atoms with Crippen molar-refractivity contribution in [3.05, 3.63) is 16.1 Å². The number of nitrogens with zero attached hydrogens (tertiary/aromatic N) is 1. The maximum atomic E-state index is 8.97. The van der Waals surface area contributed by atoms with Crippen molar-refractivity contribution in [2.24, 2.45) is 0 Å². The first kappa shape index (κ1) is 15.3. The van der Waals surface area contributed by atoms with Gasteiger partial charge in [0.2, 0.25) is 0 Å². The number of anilines is 2. The number of hydrogen-bond acceptors (Lipinski definition) is 4. The van der Waals surface area contributed by atoms with E-state index in [9.17, 15) is 0 Å². The molecule has 0 amide bonds. The Hall–Kier alpha value is -0.710. The summed E-state index contributed by atoms with van der Waals surface area (Å²) in [6, 6.07) is 1.82. The largest absolute Gasteiger partial charge is 0.396 e. The van der Waals surface area contributed by atoms with Crippen LogP contribution in [-0.2, 0) is 0 Å². The molecule has 3 N–H and O–H groups in total.